The Labute approximate surface area is 128 Å². The number of nitrogens with one attached hydrogen (secondary N) is 1. The van der Waals surface area contributed by atoms with Gasteiger partial charge >= 0.3 is 0 Å². The number of benzene rings is 2. The Bertz CT molecular complexity index is 542. The van der Waals surface area contributed by atoms with Crippen molar-refractivity contribution in [2.45, 2.75) is 25.8 Å². The quantitative estimate of drug-likeness (QED) is 0.742. The maximum atomic E-state index is 13.7. The van der Waals surface area contributed by atoms with Crippen LogP contribution < -0.4 is 5.32 Å². The Kier molecular flexibility index (Phi) is 5.74. The molecule has 1 N–H and O–H groups in total. The van der Waals surface area contributed by atoms with Crippen LogP contribution in [-0.4, -0.2) is 6.54 Å². The molecule has 2 rings (SSSR count). The molecular weight excluding hydrogens is 317 g/mol. The van der Waals surface area contributed by atoms with Crippen LogP contribution >= 0.6 is 15.9 Å². The molecule has 0 radical (unpaired) electrons. The molecule has 0 heterocycles. The molecule has 0 spiro atoms. The molecule has 106 valence electrons. The summed E-state index contributed by atoms with van der Waals surface area (Å²) in [4.78, 5) is 0. The topological polar surface area (TPSA) is 12.0 Å². The molecule has 20 heavy (non-hydrogen) atoms. The minimum atomic E-state index is -0.156. The highest BCUT2D eigenvalue weighted by molar-refractivity contribution is 9.10. The van der Waals surface area contributed by atoms with Gasteiger partial charge in [-0.1, -0.05) is 46.3 Å². The fraction of sp³-hybridized carbons (Fsp3) is 0.294. The normalized spacial score (nSPS) is 12.3. The molecule has 3 heteroatoms. The van der Waals surface area contributed by atoms with E-state index in [9.17, 15) is 4.39 Å². The second kappa shape index (κ2) is 7.55. The maximum absolute atomic E-state index is 13.7. The van der Waals surface area contributed by atoms with Crippen LogP contribution in [0.3, 0.4) is 0 Å². The molecule has 2 aromatic rings. The fourth-order valence-corrected chi connectivity index (χ4v) is 2.59. The summed E-state index contributed by atoms with van der Waals surface area (Å²) in [5, 5.41) is 3.38. The third-order valence-electron chi connectivity index (χ3n) is 3.36. The third kappa shape index (κ3) is 4.43. The van der Waals surface area contributed by atoms with Crippen LogP contribution in [0.15, 0.2) is 53.0 Å². The third-order valence-corrected chi connectivity index (χ3v) is 3.85. The van der Waals surface area contributed by atoms with Gasteiger partial charge in [-0.25, -0.2) is 4.39 Å². The van der Waals surface area contributed by atoms with Gasteiger partial charge < -0.3 is 5.32 Å². The number of aryl methyl sites for hydroxylation is 1. The van der Waals surface area contributed by atoms with Crippen LogP contribution in [0.1, 0.15) is 30.5 Å². The van der Waals surface area contributed by atoms with Crippen molar-refractivity contribution in [3.05, 3.63) is 69.9 Å². The van der Waals surface area contributed by atoms with Crippen LogP contribution in [0, 0.1) is 5.82 Å². The molecule has 0 fully saturated rings. The van der Waals surface area contributed by atoms with Gasteiger partial charge in [0.25, 0.3) is 0 Å². The summed E-state index contributed by atoms with van der Waals surface area (Å²) in [5.74, 6) is -0.156. The molecule has 0 saturated heterocycles. The molecular formula is C17H19BrFN. The first-order chi connectivity index (χ1) is 9.66. The second-order valence-corrected chi connectivity index (χ2v) is 5.85. The predicted octanol–water partition coefficient (Wildman–Crippen LogP) is 4.87. The lowest BCUT2D eigenvalue weighted by Crippen LogP contribution is -2.21. The Morgan fingerprint density at radius 3 is 2.65 bits per heavy atom. The van der Waals surface area contributed by atoms with Gasteiger partial charge in [0.15, 0.2) is 0 Å². The first-order valence-corrected chi connectivity index (χ1v) is 7.68. The van der Waals surface area contributed by atoms with E-state index in [1.807, 2.05) is 19.1 Å². The molecule has 0 bridgehead atoms. The van der Waals surface area contributed by atoms with Gasteiger partial charge in [0.05, 0.1) is 0 Å². The van der Waals surface area contributed by atoms with E-state index in [0.29, 0.717) is 5.56 Å². The molecule has 0 aliphatic carbocycles. The summed E-state index contributed by atoms with van der Waals surface area (Å²) >= 11 is 3.38. The van der Waals surface area contributed by atoms with Crippen LogP contribution in [0.25, 0.3) is 0 Å². The fourth-order valence-electron chi connectivity index (χ4n) is 2.21. The molecule has 0 aromatic heterocycles. The van der Waals surface area contributed by atoms with E-state index in [1.54, 1.807) is 6.07 Å². The summed E-state index contributed by atoms with van der Waals surface area (Å²) in [7, 11) is 0. The highest BCUT2D eigenvalue weighted by atomic mass is 79.9. The van der Waals surface area contributed by atoms with Crippen molar-refractivity contribution in [3.63, 3.8) is 0 Å². The zero-order chi connectivity index (χ0) is 14.4. The van der Waals surface area contributed by atoms with Crippen molar-refractivity contribution < 1.29 is 4.39 Å². The Morgan fingerprint density at radius 1 is 1.15 bits per heavy atom. The lowest BCUT2D eigenvalue weighted by molar-refractivity contribution is 0.521. The largest absolute Gasteiger partial charge is 0.310 e. The lowest BCUT2D eigenvalue weighted by atomic mass is 10.1. The van der Waals surface area contributed by atoms with E-state index in [-0.39, 0.29) is 11.9 Å². The monoisotopic (exact) mass is 335 g/mol. The van der Waals surface area contributed by atoms with Crippen LogP contribution in [-0.2, 0) is 6.42 Å². The van der Waals surface area contributed by atoms with Gasteiger partial charge in [0, 0.05) is 16.1 Å². The van der Waals surface area contributed by atoms with Crippen molar-refractivity contribution >= 4 is 15.9 Å². The summed E-state index contributed by atoms with van der Waals surface area (Å²) in [6, 6.07) is 15.5. The second-order valence-electron chi connectivity index (χ2n) is 4.93. The first-order valence-electron chi connectivity index (χ1n) is 6.89. The number of rotatable bonds is 6. The average Bonchev–Trinajstić information content (AvgIpc) is 2.47. The van der Waals surface area contributed by atoms with Gasteiger partial charge in [-0.2, -0.15) is 0 Å². The van der Waals surface area contributed by atoms with Crippen molar-refractivity contribution in [2.75, 3.05) is 6.54 Å². The predicted molar refractivity (Wildman–Crippen MR) is 85.3 cm³/mol. The molecule has 0 aliphatic heterocycles. The van der Waals surface area contributed by atoms with Gasteiger partial charge in [0.1, 0.15) is 5.82 Å². The van der Waals surface area contributed by atoms with Crippen LogP contribution in [0.5, 0.6) is 0 Å². The van der Waals surface area contributed by atoms with E-state index < -0.39 is 0 Å². The van der Waals surface area contributed by atoms with E-state index in [0.717, 1.165) is 23.9 Å². The Morgan fingerprint density at radius 2 is 1.90 bits per heavy atom. The zero-order valence-corrected chi connectivity index (χ0v) is 13.2. The molecule has 0 aliphatic rings. The van der Waals surface area contributed by atoms with Crippen molar-refractivity contribution in [2.24, 2.45) is 0 Å². The zero-order valence-electron chi connectivity index (χ0n) is 11.6. The van der Waals surface area contributed by atoms with Crippen LogP contribution in [0.4, 0.5) is 4.39 Å². The highest BCUT2D eigenvalue weighted by Gasteiger charge is 2.10. The smallest absolute Gasteiger partial charge is 0.128 e. The van der Waals surface area contributed by atoms with Gasteiger partial charge in [-0.05, 0) is 50.1 Å². The van der Waals surface area contributed by atoms with Crippen LogP contribution in [0.2, 0.25) is 0 Å². The first kappa shape index (κ1) is 15.2. The summed E-state index contributed by atoms with van der Waals surface area (Å²) < 4.78 is 14.6. The van der Waals surface area contributed by atoms with Gasteiger partial charge in [-0.15, -0.1) is 0 Å². The lowest BCUT2D eigenvalue weighted by Gasteiger charge is -2.15. The van der Waals surface area contributed by atoms with Crippen molar-refractivity contribution in [1.29, 1.82) is 0 Å². The summed E-state index contributed by atoms with van der Waals surface area (Å²) in [6.45, 7) is 2.87. The molecule has 1 nitrogen and oxygen atoms in total. The Hall–Kier alpha value is -1.19. The number of hydrogen-bond acceptors (Lipinski definition) is 1. The van der Waals surface area contributed by atoms with Gasteiger partial charge in [0.2, 0.25) is 0 Å². The molecule has 0 amide bonds. The summed E-state index contributed by atoms with van der Waals surface area (Å²) in [5.41, 5.74) is 2.05. The Balaban J connectivity index is 1.80. The number of halogens is 2. The van der Waals surface area contributed by atoms with Crippen molar-refractivity contribution in [1.82, 2.24) is 5.32 Å². The van der Waals surface area contributed by atoms with Crippen molar-refractivity contribution in [3.8, 4) is 0 Å². The maximum Gasteiger partial charge on any atom is 0.128 e. The van der Waals surface area contributed by atoms with E-state index in [2.05, 4.69) is 45.5 Å². The standard InChI is InChI=1S/C17H19BrFN/c1-13(16-12-15(18)9-10-17(16)19)20-11-5-8-14-6-3-2-4-7-14/h2-4,6-7,9-10,12-13,20H,5,8,11H2,1H3. The average molecular weight is 336 g/mol. The van der Waals surface area contributed by atoms with E-state index in [4.69, 9.17) is 0 Å². The number of hydrogen-bond donors (Lipinski definition) is 1. The molecule has 1 atom stereocenters. The molecule has 1 unspecified atom stereocenters. The van der Waals surface area contributed by atoms with Gasteiger partial charge in [-0.3, -0.25) is 0 Å². The molecule has 0 saturated carbocycles. The minimum Gasteiger partial charge on any atom is -0.310 e. The molecule has 2 aromatic carbocycles. The minimum absolute atomic E-state index is 0.0169. The SMILES string of the molecule is CC(NCCCc1ccccc1)c1cc(Br)ccc1F. The highest BCUT2D eigenvalue weighted by Crippen LogP contribution is 2.21. The van der Waals surface area contributed by atoms with E-state index >= 15 is 0 Å². The summed E-state index contributed by atoms with van der Waals surface area (Å²) in [6.07, 6.45) is 2.09. The van der Waals surface area contributed by atoms with E-state index in [1.165, 1.54) is 11.6 Å².